The highest BCUT2D eigenvalue weighted by Gasteiger charge is 2.08. The van der Waals surface area contributed by atoms with Crippen molar-refractivity contribution in [2.24, 2.45) is 5.10 Å². The van der Waals surface area contributed by atoms with Gasteiger partial charge in [-0.2, -0.15) is 5.10 Å². The summed E-state index contributed by atoms with van der Waals surface area (Å²) < 4.78 is 13.0. The first-order chi connectivity index (χ1) is 11.9. The zero-order chi connectivity index (χ0) is 18.4. The van der Waals surface area contributed by atoms with E-state index in [9.17, 15) is 19.1 Å². The number of phenols is 1. The number of nitrogens with one attached hydrogen (secondary N) is 2. The van der Waals surface area contributed by atoms with E-state index in [1.165, 1.54) is 24.4 Å². The number of hydrogen-bond acceptors (Lipinski definition) is 4. The minimum absolute atomic E-state index is 0.0861. The van der Waals surface area contributed by atoms with E-state index in [2.05, 4.69) is 15.8 Å². The van der Waals surface area contributed by atoms with Crippen LogP contribution in [0.15, 0.2) is 41.5 Å². The van der Waals surface area contributed by atoms with Gasteiger partial charge in [-0.15, -0.1) is 0 Å². The van der Waals surface area contributed by atoms with Crippen molar-refractivity contribution in [2.45, 2.75) is 13.8 Å². The molecule has 0 aromatic heterocycles. The summed E-state index contributed by atoms with van der Waals surface area (Å²) in [5.74, 6) is -1.56. The van der Waals surface area contributed by atoms with E-state index in [0.29, 0.717) is 11.1 Å². The van der Waals surface area contributed by atoms with Gasteiger partial charge in [-0.25, -0.2) is 9.82 Å². The highest BCUT2D eigenvalue weighted by atomic mass is 19.1. The first kappa shape index (κ1) is 18.1. The number of rotatable bonds is 5. The highest BCUT2D eigenvalue weighted by Crippen LogP contribution is 2.21. The van der Waals surface area contributed by atoms with Crippen LogP contribution < -0.4 is 10.7 Å². The first-order valence-corrected chi connectivity index (χ1v) is 7.52. The lowest BCUT2D eigenvalue weighted by Crippen LogP contribution is -2.34. The van der Waals surface area contributed by atoms with Gasteiger partial charge >= 0.3 is 0 Å². The number of benzene rings is 2. The predicted octanol–water partition coefficient (Wildman–Crippen LogP) is 2.03. The van der Waals surface area contributed by atoms with Crippen LogP contribution >= 0.6 is 0 Å². The van der Waals surface area contributed by atoms with Crippen LogP contribution in [0.5, 0.6) is 5.75 Å². The number of hydrazone groups is 1. The third kappa shape index (κ3) is 5.13. The third-order valence-electron chi connectivity index (χ3n) is 3.36. The van der Waals surface area contributed by atoms with E-state index in [4.69, 9.17) is 0 Å². The number of hydrogen-bond donors (Lipinski definition) is 3. The lowest BCUT2D eigenvalue weighted by Gasteiger charge is -2.06. The fraction of sp³-hybridized carbons (Fsp3) is 0.167. The summed E-state index contributed by atoms with van der Waals surface area (Å²) in [6.07, 6.45) is 1.32. The van der Waals surface area contributed by atoms with Gasteiger partial charge in [-0.05, 0) is 49.2 Å². The van der Waals surface area contributed by atoms with Gasteiger partial charge < -0.3 is 10.4 Å². The average molecular weight is 343 g/mol. The number of nitrogens with zero attached hydrogens (tertiary/aromatic N) is 1. The zero-order valence-electron chi connectivity index (χ0n) is 13.8. The molecule has 2 rings (SSSR count). The second-order valence-electron chi connectivity index (χ2n) is 5.51. The van der Waals surface area contributed by atoms with E-state index in [0.717, 1.165) is 11.6 Å². The van der Waals surface area contributed by atoms with Crippen molar-refractivity contribution in [1.82, 2.24) is 10.7 Å². The molecule has 0 aliphatic heterocycles. The summed E-state index contributed by atoms with van der Waals surface area (Å²) in [5, 5.41) is 16.0. The lowest BCUT2D eigenvalue weighted by molar-refractivity contribution is -0.120. The molecule has 3 N–H and O–H groups in total. The summed E-state index contributed by atoms with van der Waals surface area (Å²) in [6.45, 7) is 3.33. The number of phenolic OH excluding ortho intramolecular Hbond substituents is 1. The maximum absolute atomic E-state index is 13.0. The Labute approximate surface area is 144 Å². The molecule has 0 bridgehead atoms. The summed E-state index contributed by atoms with van der Waals surface area (Å²) in [4.78, 5) is 23.5. The van der Waals surface area contributed by atoms with E-state index in [1.807, 2.05) is 13.0 Å². The Morgan fingerprint density at radius 2 is 2.00 bits per heavy atom. The monoisotopic (exact) mass is 343 g/mol. The van der Waals surface area contributed by atoms with Gasteiger partial charge in [0, 0.05) is 11.1 Å². The molecule has 0 aliphatic carbocycles. The smallest absolute Gasteiger partial charge is 0.259 e. The largest absolute Gasteiger partial charge is 0.507 e. The average Bonchev–Trinajstić information content (AvgIpc) is 2.57. The number of amides is 2. The van der Waals surface area contributed by atoms with Crippen LogP contribution in [-0.4, -0.2) is 29.7 Å². The van der Waals surface area contributed by atoms with Crippen molar-refractivity contribution in [3.63, 3.8) is 0 Å². The molecule has 0 atom stereocenters. The van der Waals surface area contributed by atoms with Crippen molar-refractivity contribution >= 4 is 18.0 Å². The van der Waals surface area contributed by atoms with Crippen molar-refractivity contribution in [2.75, 3.05) is 6.54 Å². The van der Waals surface area contributed by atoms with Gasteiger partial charge in [0.1, 0.15) is 11.6 Å². The zero-order valence-corrected chi connectivity index (χ0v) is 13.8. The van der Waals surface area contributed by atoms with Gasteiger partial charge in [0.2, 0.25) is 0 Å². The van der Waals surface area contributed by atoms with E-state index in [-0.39, 0.29) is 17.9 Å². The van der Waals surface area contributed by atoms with Crippen LogP contribution in [0.4, 0.5) is 4.39 Å². The second kappa shape index (κ2) is 8.05. The van der Waals surface area contributed by atoms with Crippen molar-refractivity contribution in [3.05, 3.63) is 64.5 Å². The van der Waals surface area contributed by atoms with E-state index >= 15 is 0 Å². The molecule has 25 heavy (non-hydrogen) atoms. The minimum atomic E-state index is -0.564. The number of aromatic hydroxyl groups is 1. The number of halogens is 1. The minimum Gasteiger partial charge on any atom is -0.507 e. The van der Waals surface area contributed by atoms with E-state index in [1.54, 1.807) is 13.0 Å². The molecule has 0 fully saturated rings. The topological polar surface area (TPSA) is 90.8 Å². The van der Waals surface area contributed by atoms with Crippen molar-refractivity contribution in [1.29, 1.82) is 0 Å². The fourth-order valence-electron chi connectivity index (χ4n) is 2.20. The van der Waals surface area contributed by atoms with Gasteiger partial charge in [0.25, 0.3) is 11.8 Å². The molecule has 6 nitrogen and oxygen atoms in total. The molecule has 0 heterocycles. The number of aryl methyl sites for hydroxylation is 2. The van der Waals surface area contributed by atoms with Crippen LogP contribution in [-0.2, 0) is 4.79 Å². The molecule has 0 spiro atoms. The van der Waals surface area contributed by atoms with Crippen LogP contribution in [0.25, 0.3) is 0 Å². The number of carbonyl (C=O) groups excluding carboxylic acids is 2. The normalized spacial score (nSPS) is 10.7. The van der Waals surface area contributed by atoms with Crippen LogP contribution in [0.1, 0.15) is 27.0 Å². The first-order valence-electron chi connectivity index (χ1n) is 7.52. The summed E-state index contributed by atoms with van der Waals surface area (Å²) in [6, 6.07) is 8.70. The maximum atomic E-state index is 13.0. The standard InChI is InChI=1S/C18H18FN3O3/c1-11-6-12(2)17(24)14(7-11)9-21-22-16(23)10-20-18(25)13-4-3-5-15(19)8-13/h3-9,24H,10H2,1-2H3,(H,20,25)(H,22,23)/b21-9+. The van der Waals surface area contributed by atoms with Gasteiger partial charge in [-0.1, -0.05) is 12.1 Å². The van der Waals surface area contributed by atoms with Crippen molar-refractivity contribution in [3.8, 4) is 5.75 Å². The molecular weight excluding hydrogens is 325 g/mol. The third-order valence-corrected chi connectivity index (χ3v) is 3.36. The Bertz CT molecular complexity index is 834. The van der Waals surface area contributed by atoms with Crippen LogP contribution in [0.2, 0.25) is 0 Å². The Balaban J connectivity index is 1.88. The highest BCUT2D eigenvalue weighted by molar-refractivity contribution is 5.96. The van der Waals surface area contributed by atoms with Crippen molar-refractivity contribution < 1.29 is 19.1 Å². The summed E-state index contributed by atoms with van der Waals surface area (Å²) in [7, 11) is 0. The maximum Gasteiger partial charge on any atom is 0.259 e. The SMILES string of the molecule is Cc1cc(C)c(O)c(/C=N/NC(=O)CNC(=O)c2cccc(F)c2)c1. The van der Waals surface area contributed by atoms with E-state index < -0.39 is 17.6 Å². The summed E-state index contributed by atoms with van der Waals surface area (Å²) in [5.41, 5.74) is 4.49. The predicted molar refractivity (Wildman–Crippen MR) is 92.1 cm³/mol. The van der Waals surface area contributed by atoms with Crippen LogP contribution in [0.3, 0.4) is 0 Å². The van der Waals surface area contributed by atoms with Gasteiger partial charge in [-0.3, -0.25) is 9.59 Å². The Morgan fingerprint density at radius 3 is 2.72 bits per heavy atom. The lowest BCUT2D eigenvalue weighted by atomic mass is 10.1. The summed E-state index contributed by atoms with van der Waals surface area (Å²) >= 11 is 0. The second-order valence-corrected chi connectivity index (χ2v) is 5.51. The molecular formula is C18H18FN3O3. The van der Waals surface area contributed by atoms with Gasteiger partial charge in [0.15, 0.2) is 0 Å². The van der Waals surface area contributed by atoms with Crippen LogP contribution in [0, 0.1) is 19.7 Å². The molecule has 130 valence electrons. The number of carbonyl (C=O) groups is 2. The van der Waals surface area contributed by atoms with Gasteiger partial charge in [0.05, 0.1) is 12.8 Å². The molecule has 0 saturated carbocycles. The molecule has 0 aliphatic rings. The Morgan fingerprint density at radius 1 is 1.24 bits per heavy atom. The molecule has 2 aromatic rings. The molecule has 0 unspecified atom stereocenters. The Kier molecular flexibility index (Phi) is 5.84. The molecule has 2 aromatic carbocycles. The quantitative estimate of drug-likeness (QED) is 0.573. The Hall–Kier alpha value is -3.22. The molecule has 0 radical (unpaired) electrons. The molecule has 7 heteroatoms. The molecule has 0 saturated heterocycles. The molecule has 2 amide bonds. The fourth-order valence-corrected chi connectivity index (χ4v) is 2.20.